The summed E-state index contributed by atoms with van der Waals surface area (Å²) in [6, 6.07) is 14.6. The van der Waals surface area contributed by atoms with Crippen LogP contribution in [0.4, 0.5) is 0 Å². The molecule has 0 unspecified atom stereocenters. The molecule has 2 aromatic carbocycles. The Hall–Kier alpha value is -3.94. The minimum absolute atomic E-state index is 0.0660. The first-order valence-corrected chi connectivity index (χ1v) is 9.82. The molecule has 0 saturated heterocycles. The summed E-state index contributed by atoms with van der Waals surface area (Å²) >= 11 is 0. The number of hydrogen-bond acceptors (Lipinski definition) is 7. The molecule has 3 aromatic rings. The van der Waals surface area contributed by atoms with E-state index in [-0.39, 0.29) is 5.76 Å². The number of nitrogens with one attached hydrogen (secondary N) is 1. The van der Waals surface area contributed by atoms with Crippen molar-refractivity contribution in [1.82, 2.24) is 5.32 Å². The average molecular weight is 439 g/mol. The molecule has 0 radical (unpaired) electrons. The first-order chi connectivity index (χ1) is 15.5. The van der Waals surface area contributed by atoms with Crippen LogP contribution in [0.3, 0.4) is 0 Å². The van der Waals surface area contributed by atoms with E-state index in [1.807, 2.05) is 6.07 Å². The zero-order valence-corrected chi connectivity index (χ0v) is 18.3. The predicted octanol–water partition coefficient (Wildman–Crippen LogP) is 3.54. The van der Waals surface area contributed by atoms with E-state index in [0.717, 1.165) is 5.56 Å². The Kier molecular flexibility index (Phi) is 7.38. The average Bonchev–Trinajstić information content (AvgIpc) is 3.31. The fraction of sp³-hybridized carbons (Fsp3) is 0.250. The maximum atomic E-state index is 12.8. The van der Waals surface area contributed by atoms with Gasteiger partial charge >= 0.3 is 5.97 Å². The summed E-state index contributed by atoms with van der Waals surface area (Å²) in [5.74, 6) is 1.20. The third-order valence-corrected chi connectivity index (χ3v) is 4.90. The Morgan fingerprint density at radius 2 is 1.56 bits per heavy atom. The molecule has 0 aliphatic heterocycles. The van der Waals surface area contributed by atoms with Crippen molar-refractivity contribution in [3.05, 3.63) is 77.2 Å². The quantitative estimate of drug-likeness (QED) is 0.510. The molecule has 168 valence electrons. The highest BCUT2D eigenvalue weighted by Gasteiger charge is 2.25. The van der Waals surface area contributed by atoms with Gasteiger partial charge in [-0.25, -0.2) is 4.79 Å². The van der Waals surface area contributed by atoms with Gasteiger partial charge in [-0.3, -0.25) is 4.79 Å². The normalized spacial score (nSPS) is 11.4. The van der Waals surface area contributed by atoms with E-state index in [1.54, 1.807) is 69.9 Å². The van der Waals surface area contributed by atoms with Gasteiger partial charge in [0.25, 0.3) is 5.91 Å². The number of esters is 1. The largest absolute Gasteiger partial charge is 0.496 e. The molecule has 32 heavy (non-hydrogen) atoms. The molecule has 1 aromatic heterocycles. The Labute approximate surface area is 186 Å². The van der Waals surface area contributed by atoms with E-state index in [0.29, 0.717) is 35.0 Å². The second-order valence-electron chi connectivity index (χ2n) is 6.79. The van der Waals surface area contributed by atoms with E-state index < -0.39 is 17.9 Å². The highest BCUT2D eigenvalue weighted by molar-refractivity contribution is 5.94. The minimum atomic E-state index is -0.955. The highest BCUT2D eigenvalue weighted by Crippen LogP contribution is 2.35. The first kappa shape index (κ1) is 22.7. The molecule has 0 saturated carbocycles. The summed E-state index contributed by atoms with van der Waals surface area (Å²) in [6.45, 7) is 0. The second-order valence-corrected chi connectivity index (χ2v) is 6.79. The lowest BCUT2D eigenvalue weighted by molar-refractivity contribution is -0.143. The molecule has 8 nitrogen and oxygen atoms in total. The van der Waals surface area contributed by atoms with Crippen molar-refractivity contribution >= 4 is 11.9 Å². The summed E-state index contributed by atoms with van der Waals surface area (Å²) < 4.78 is 26.8. The smallest absolute Gasteiger partial charge is 0.333 e. The van der Waals surface area contributed by atoms with Crippen LogP contribution in [0.15, 0.2) is 59.0 Å². The zero-order valence-electron chi connectivity index (χ0n) is 18.3. The number of ether oxygens (including phenoxy) is 4. The molecule has 3 rings (SSSR count). The molecule has 0 bridgehead atoms. The highest BCUT2D eigenvalue weighted by atomic mass is 16.5. The van der Waals surface area contributed by atoms with Gasteiger partial charge in [0.2, 0.25) is 0 Å². The lowest BCUT2D eigenvalue weighted by Gasteiger charge is -2.16. The summed E-state index contributed by atoms with van der Waals surface area (Å²) in [7, 11) is 5.93. The summed E-state index contributed by atoms with van der Waals surface area (Å²) in [6.07, 6.45) is 0.322. The Bertz CT molecular complexity index is 1050. The molecule has 0 aliphatic rings. The van der Waals surface area contributed by atoms with Crippen molar-refractivity contribution in [3.63, 3.8) is 0 Å². The number of benzene rings is 2. The SMILES string of the molecule is COC(=O)[C@H](NC(=O)c1ccc(Cc2c(OC)cc(OC)cc2OC)o1)c1ccccc1. The van der Waals surface area contributed by atoms with Gasteiger partial charge in [-0.05, 0) is 17.7 Å². The molecule has 1 N–H and O–H groups in total. The maximum absolute atomic E-state index is 12.8. The summed E-state index contributed by atoms with van der Waals surface area (Å²) in [4.78, 5) is 25.0. The fourth-order valence-corrected chi connectivity index (χ4v) is 3.27. The molecule has 0 fully saturated rings. The topological polar surface area (TPSA) is 96.2 Å². The van der Waals surface area contributed by atoms with Gasteiger partial charge in [-0.1, -0.05) is 30.3 Å². The number of methoxy groups -OCH3 is 4. The van der Waals surface area contributed by atoms with E-state index >= 15 is 0 Å². The summed E-state index contributed by atoms with van der Waals surface area (Å²) in [5.41, 5.74) is 1.35. The monoisotopic (exact) mass is 439 g/mol. The second kappa shape index (κ2) is 10.4. The number of amides is 1. The Morgan fingerprint density at radius 3 is 2.12 bits per heavy atom. The standard InChI is InChI=1S/C24H25NO7/c1-28-17-13-20(29-2)18(21(14-17)30-3)12-16-10-11-19(32-16)23(26)25-22(24(27)31-4)15-8-6-5-7-9-15/h5-11,13-14,22H,12H2,1-4H3,(H,25,26)/t22-/m1/s1. The van der Waals surface area contributed by atoms with Crippen LogP contribution in [0.2, 0.25) is 0 Å². The lowest BCUT2D eigenvalue weighted by atomic mass is 10.1. The van der Waals surface area contributed by atoms with Crippen molar-refractivity contribution < 1.29 is 33.0 Å². The van der Waals surface area contributed by atoms with Gasteiger partial charge < -0.3 is 28.7 Å². The van der Waals surface area contributed by atoms with Gasteiger partial charge in [0, 0.05) is 24.1 Å². The number of carbonyl (C=O) groups is 2. The molecule has 1 atom stereocenters. The maximum Gasteiger partial charge on any atom is 0.333 e. The minimum Gasteiger partial charge on any atom is -0.496 e. The zero-order chi connectivity index (χ0) is 23.1. The fourth-order valence-electron chi connectivity index (χ4n) is 3.27. The van der Waals surface area contributed by atoms with Gasteiger partial charge in [-0.15, -0.1) is 0 Å². The van der Waals surface area contributed by atoms with Crippen LogP contribution in [0.25, 0.3) is 0 Å². The van der Waals surface area contributed by atoms with Crippen LogP contribution >= 0.6 is 0 Å². The molecule has 0 aliphatic carbocycles. The third kappa shape index (κ3) is 5.03. The van der Waals surface area contributed by atoms with Crippen LogP contribution in [0.5, 0.6) is 17.2 Å². The number of furan rings is 1. The number of rotatable bonds is 9. The molecular weight excluding hydrogens is 414 g/mol. The van der Waals surface area contributed by atoms with Crippen LogP contribution in [0, 0.1) is 0 Å². The van der Waals surface area contributed by atoms with Crippen LogP contribution < -0.4 is 19.5 Å². The number of hydrogen-bond donors (Lipinski definition) is 1. The molecule has 1 amide bonds. The van der Waals surface area contributed by atoms with Crippen molar-refractivity contribution in [2.75, 3.05) is 28.4 Å². The van der Waals surface area contributed by atoms with Gasteiger partial charge in [-0.2, -0.15) is 0 Å². The summed E-state index contributed by atoms with van der Waals surface area (Å²) in [5, 5.41) is 2.66. The van der Waals surface area contributed by atoms with Crippen LogP contribution in [-0.4, -0.2) is 40.3 Å². The van der Waals surface area contributed by atoms with Gasteiger partial charge in [0.1, 0.15) is 23.0 Å². The van der Waals surface area contributed by atoms with Gasteiger partial charge in [0.05, 0.1) is 28.4 Å². The van der Waals surface area contributed by atoms with E-state index in [9.17, 15) is 9.59 Å². The van der Waals surface area contributed by atoms with Crippen molar-refractivity contribution in [2.24, 2.45) is 0 Å². The Balaban J connectivity index is 1.81. The molecular formula is C24H25NO7. The molecule has 1 heterocycles. The van der Waals surface area contributed by atoms with Crippen molar-refractivity contribution in [1.29, 1.82) is 0 Å². The third-order valence-electron chi connectivity index (χ3n) is 4.90. The van der Waals surface area contributed by atoms with E-state index in [1.165, 1.54) is 7.11 Å². The number of carbonyl (C=O) groups excluding carboxylic acids is 2. The van der Waals surface area contributed by atoms with E-state index in [2.05, 4.69) is 5.32 Å². The van der Waals surface area contributed by atoms with Gasteiger partial charge in [0.15, 0.2) is 11.8 Å². The molecule has 0 spiro atoms. The van der Waals surface area contributed by atoms with E-state index in [4.69, 9.17) is 23.4 Å². The Morgan fingerprint density at radius 1 is 0.906 bits per heavy atom. The lowest BCUT2D eigenvalue weighted by Crippen LogP contribution is -2.34. The van der Waals surface area contributed by atoms with Crippen LogP contribution in [0.1, 0.15) is 33.5 Å². The first-order valence-electron chi connectivity index (χ1n) is 9.82. The predicted molar refractivity (Wildman–Crippen MR) is 116 cm³/mol. The molecule has 8 heteroatoms. The van der Waals surface area contributed by atoms with Crippen molar-refractivity contribution in [2.45, 2.75) is 12.5 Å². The van der Waals surface area contributed by atoms with Crippen LogP contribution in [-0.2, 0) is 16.0 Å². The van der Waals surface area contributed by atoms with Crippen molar-refractivity contribution in [3.8, 4) is 17.2 Å².